The zero-order chi connectivity index (χ0) is 19.0. The molecule has 0 aliphatic carbocycles. The molecule has 6 heteroatoms. The predicted octanol–water partition coefficient (Wildman–Crippen LogP) is 3.61. The second kappa shape index (κ2) is 6.79. The highest BCUT2D eigenvalue weighted by molar-refractivity contribution is 6.05. The second-order valence-electron chi connectivity index (χ2n) is 6.62. The van der Waals surface area contributed by atoms with E-state index in [0.29, 0.717) is 23.7 Å². The number of benzene rings is 2. The molecule has 2 heterocycles. The average molecular weight is 363 g/mol. The smallest absolute Gasteiger partial charge is 0.276 e. The van der Waals surface area contributed by atoms with Crippen LogP contribution in [-0.2, 0) is 13.6 Å². The number of hydrogen-bond acceptors (Lipinski definition) is 4. The first-order chi connectivity index (χ1) is 13.0. The number of carbonyl (C=O) groups is 1. The zero-order valence-corrected chi connectivity index (χ0v) is 15.6. The molecule has 0 spiro atoms. The molecule has 1 amide bonds. The fourth-order valence-corrected chi connectivity index (χ4v) is 3.37. The molecular weight excluding hydrogens is 342 g/mol. The Balaban J connectivity index is 1.78. The molecule has 1 aliphatic heterocycles. The number of hydrogen-bond donors (Lipinski definition) is 0. The Morgan fingerprint density at radius 3 is 2.70 bits per heavy atom. The minimum atomic E-state index is -0.107. The first-order valence-electron chi connectivity index (χ1n) is 8.80. The van der Waals surface area contributed by atoms with Gasteiger partial charge in [0, 0.05) is 18.3 Å². The summed E-state index contributed by atoms with van der Waals surface area (Å²) in [6.45, 7) is 4.45. The Bertz CT molecular complexity index is 1010. The Morgan fingerprint density at radius 1 is 1.15 bits per heavy atom. The fraction of sp³-hybridized carbons (Fsp3) is 0.238. The van der Waals surface area contributed by atoms with Crippen molar-refractivity contribution in [3.05, 3.63) is 71.0 Å². The van der Waals surface area contributed by atoms with Gasteiger partial charge in [-0.05, 0) is 37.6 Å². The van der Waals surface area contributed by atoms with Gasteiger partial charge in [-0.1, -0.05) is 30.3 Å². The van der Waals surface area contributed by atoms with Gasteiger partial charge >= 0.3 is 0 Å². The topological polar surface area (TPSA) is 56.6 Å². The maximum Gasteiger partial charge on any atom is 0.276 e. The number of rotatable bonds is 4. The standard InChI is InChI=1S/C21H21N3O3/c1-14-7-4-5-9-17(14)24(21(25)18-11-15(2)22-23(18)3)12-16-8-6-10-19-20(16)27-13-26-19/h4-11H,12-13H2,1-3H3. The molecule has 2 aromatic carbocycles. The average Bonchev–Trinajstić information content (AvgIpc) is 3.26. The molecule has 1 aliphatic rings. The number of carbonyl (C=O) groups excluding carboxylic acids is 1. The van der Waals surface area contributed by atoms with E-state index in [2.05, 4.69) is 5.10 Å². The molecule has 1 aromatic heterocycles. The Morgan fingerprint density at radius 2 is 1.96 bits per heavy atom. The van der Waals surface area contributed by atoms with Gasteiger partial charge in [-0.3, -0.25) is 9.48 Å². The molecule has 0 saturated carbocycles. The summed E-state index contributed by atoms with van der Waals surface area (Å²) >= 11 is 0. The second-order valence-corrected chi connectivity index (χ2v) is 6.62. The van der Waals surface area contributed by atoms with Crippen molar-refractivity contribution in [2.24, 2.45) is 7.05 Å². The van der Waals surface area contributed by atoms with Gasteiger partial charge in [0.25, 0.3) is 5.91 Å². The third-order valence-corrected chi connectivity index (χ3v) is 4.68. The normalized spacial score (nSPS) is 12.3. The number of aromatic nitrogens is 2. The van der Waals surface area contributed by atoms with Crippen molar-refractivity contribution in [1.29, 1.82) is 0 Å². The van der Waals surface area contributed by atoms with Crippen LogP contribution in [-0.4, -0.2) is 22.5 Å². The van der Waals surface area contributed by atoms with E-state index >= 15 is 0 Å². The SMILES string of the molecule is Cc1cc(C(=O)N(Cc2cccc3c2OCO3)c2ccccc2C)n(C)n1. The van der Waals surface area contributed by atoms with Crippen molar-refractivity contribution in [3.63, 3.8) is 0 Å². The van der Waals surface area contributed by atoms with E-state index in [0.717, 1.165) is 22.5 Å². The summed E-state index contributed by atoms with van der Waals surface area (Å²) in [6.07, 6.45) is 0. The van der Waals surface area contributed by atoms with Gasteiger partial charge in [-0.2, -0.15) is 5.10 Å². The minimum absolute atomic E-state index is 0.107. The number of para-hydroxylation sites is 2. The van der Waals surface area contributed by atoms with Crippen LogP contribution in [0.4, 0.5) is 5.69 Å². The van der Waals surface area contributed by atoms with Crippen LogP contribution in [0.2, 0.25) is 0 Å². The lowest BCUT2D eigenvalue weighted by Gasteiger charge is -2.25. The summed E-state index contributed by atoms with van der Waals surface area (Å²) in [7, 11) is 1.79. The minimum Gasteiger partial charge on any atom is -0.454 e. The fourth-order valence-electron chi connectivity index (χ4n) is 3.37. The maximum atomic E-state index is 13.4. The van der Waals surface area contributed by atoms with Gasteiger partial charge in [-0.25, -0.2) is 0 Å². The van der Waals surface area contributed by atoms with Gasteiger partial charge in [0.05, 0.1) is 12.2 Å². The van der Waals surface area contributed by atoms with Crippen LogP contribution in [0.25, 0.3) is 0 Å². The first-order valence-corrected chi connectivity index (χ1v) is 8.80. The number of nitrogens with zero attached hydrogens (tertiary/aromatic N) is 3. The van der Waals surface area contributed by atoms with E-state index in [1.165, 1.54) is 0 Å². The molecule has 138 valence electrons. The van der Waals surface area contributed by atoms with Crippen molar-refractivity contribution in [2.75, 3.05) is 11.7 Å². The number of anilines is 1. The molecule has 3 aromatic rings. The van der Waals surface area contributed by atoms with Crippen molar-refractivity contribution in [2.45, 2.75) is 20.4 Å². The van der Waals surface area contributed by atoms with Crippen molar-refractivity contribution < 1.29 is 14.3 Å². The van der Waals surface area contributed by atoms with Crippen LogP contribution in [0.3, 0.4) is 0 Å². The molecule has 0 N–H and O–H groups in total. The molecule has 0 bridgehead atoms. The molecule has 4 rings (SSSR count). The van der Waals surface area contributed by atoms with Crippen molar-refractivity contribution in [1.82, 2.24) is 9.78 Å². The van der Waals surface area contributed by atoms with E-state index in [1.807, 2.05) is 62.4 Å². The molecule has 0 unspecified atom stereocenters. The molecular formula is C21H21N3O3. The van der Waals surface area contributed by atoms with Crippen LogP contribution in [0, 0.1) is 13.8 Å². The number of aryl methyl sites for hydroxylation is 3. The summed E-state index contributed by atoms with van der Waals surface area (Å²) in [5, 5.41) is 4.32. The highest BCUT2D eigenvalue weighted by atomic mass is 16.7. The van der Waals surface area contributed by atoms with Gasteiger partial charge in [0.2, 0.25) is 6.79 Å². The van der Waals surface area contributed by atoms with Crippen molar-refractivity contribution >= 4 is 11.6 Å². The lowest BCUT2D eigenvalue weighted by molar-refractivity contribution is 0.0975. The molecule has 0 radical (unpaired) electrons. The number of amides is 1. The Labute approximate surface area is 157 Å². The van der Waals surface area contributed by atoms with Crippen LogP contribution in [0.15, 0.2) is 48.5 Å². The summed E-state index contributed by atoms with van der Waals surface area (Å²) in [5.74, 6) is 1.30. The van der Waals surface area contributed by atoms with Crippen molar-refractivity contribution in [3.8, 4) is 11.5 Å². The van der Waals surface area contributed by atoms with E-state index in [-0.39, 0.29) is 12.7 Å². The lowest BCUT2D eigenvalue weighted by Crippen LogP contribution is -2.32. The summed E-state index contributed by atoms with van der Waals surface area (Å²) in [5.41, 5.74) is 4.14. The van der Waals surface area contributed by atoms with Gasteiger partial charge in [0.1, 0.15) is 5.69 Å². The van der Waals surface area contributed by atoms with Gasteiger partial charge in [0.15, 0.2) is 11.5 Å². The van der Waals surface area contributed by atoms with Gasteiger partial charge in [-0.15, -0.1) is 0 Å². The summed E-state index contributed by atoms with van der Waals surface area (Å²) in [4.78, 5) is 15.2. The Kier molecular flexibility index (Phi) is 4.32. The monoisotopic (exact) mass is 363 g/mol. The van der Waals surface area contributed by atoms with Crippen LogP contribution < -0.4 is 14.4 Å². The van der Waals surface area contributed by atoms with Crippen LogP contribution in [0.1, 0.15) is 27.3 Å². The van der Waals surface area contributed by atoms with E-state index in [4.69, 9.17) is 9.47 Å². The Hall–Kier alpha value is -3.28. The van der Waals surface area contributed by atoms with Crippen LogP contribution in [0.5, 0.6) is 11.5 Å². The molecule has 0 saturated heterocycles. The third kappa shape index (κ3) is 3.14. The largest absolute Gasteiger partial charge is 0.454 e. The third-order valence-electron chi connectivity index (χ3n) is 4.68. The number of fused-ring (bicyclic) bond motifs is 1. The molecule has 27 heavy (non-hydrogen) atoms. The predicted molar refractivity (Wildman–Crippen MR) is 102 cm³/mol. The molecule has 0 fully saturated rings. The van der Waals surface area contributed by atoms with E-state index < -0.39 is 0 Å². The first kappa shape index (κ1) is 17.1. The zero-order valence-electron chi connectivity index (χ0n) is 15.6. The van der Waals surface area contributed by atoms with Gasteiger partial charge < -0.3 is 14.4 Å². The van der Waals surface area contributed by atoms with E-state index in [1.54, 1.807) is 16.6 Å². The quantitative estimate of drug-likeness (QED) is 0.710. The summed E-state index contributed by atoms with van der Waals surface area (Å²) < 4.78 is 12.7. The molecule has 6 nitrogen and oxygen atoms in total. The van der Waals surface area contributed by atoms with Crippen LogP contribution >= 0.6 is 0 Å². The number of ether oxygens (including phenoxy) is 2. The highest BCUT2D eigenvalue weighted by Gasteiger charge is 2.26. The summed E-state index contributed by atoms with van der Waals surface area (Å²) in [6, 6.07) is 15.4. The maximum absolute atomic E-state index is 13.4. The molecule has 0 atom stereocenters. The highest BCUT2D eigenvalue weighted by Crippen LogP contribution is 2.37. The lowest BCUT2D eigenvalue weighted by atomic mass is 10.1. The van der Waals surface area contributed by atoms with E-state index in [9.17, 15) is 4.79 Å².